The molecule has 168 valence electrons. The van der Waals surface area contributed by atoms with Gasteiger partial charge in [-0.25, -0.2) is 0 Å². The van der Waals surface area contributed by atoms with Crippen molar-refractivity contribution < 1.29 is 9.84 Å². The fraction of sp³-hybridized carbons (Fsp3) is 0.600. The Balaban J connectivity index is 0.00000160. The summed E-state index contributed by atoms with van der Waals surface area (Å²) in [7, 11) is 0. The average molecular weight is 454 g/mol. The van der Waals surface area contributed by atoms with Crippen molar-refractivity contribution in [2.24, 2.45) is 17.8 Å². The molecular weight excluding hydrogens is 417 g/mol. The lowest BCUT2D eigenvalue weighted by Crippen LogP contribution is -2.55. The molecule has 3 heterocycles. The molecule has 2 bridgehead atoms. The van der Waals surface area contributed by atoms with E-state index in [9.17, 15) is 5.11 Å². The molecule has 0 aliphatic carbocycles. The zero-order valence-electron chi connectivity index (χ0n) is 18.4. The third kappa shape index (κ3) is 5.24. The lowest BCUT2D eigenvalue weighted by Gasteiger charge is -2.51. The Bertz CT molecular complexity index is 813. The highest BCUT2D eigenvalue weighted by Crippen LogP contribution is 2.43. The van der Waals surface area contributed by atoms with Gasteiger partial charge in [-0.1, -0.05) is 51.5 Å². The van der Waals surface area contributed by atoms with Gasteiger partial charge >= 0.3 is 0 Å². The number of aliphatic hydroxyl groups excluding tert-OH is 1. The van der Waals surface area contributed by atoms with Crippen LogP contribution in [0.3, 0.4) is 0 Å². The number of halogens is 2. The Morgan fingerprint density at radius 1 is 1.17 bits per heavy atom. The molecule has 0 radical (unpaired) electrons. The molecule has 3 aliphatic rings. The van der Waals surface area contributed by atoms with Crippen LogP contribution in [0.5, 0.6) is 5.75 Å². The van der Waals surface area contributed by atoms with Gasteiger partial charge in [0.15, 0.2) is 0 Å². The summed E-state index contributed by atoms with van der Waals surface area (Å²) in [5.41, 5.74) is 1.05. The van der Waals surface area contributed by atoms with Gasteiger partial charge in [-0.3, -0.25) is 4.90 Å². The van der Waals surface area contributed by atoms with E-state index >= 15 is 0 Å². The molecule has 3 saturated heterocycles. The van der Waals surface area contributed by atoms with Gasteiger partial charge in [0, 0.05) is 12.6 Å². The number of hydrogen-bond acceptors (Lipinski definition) is 3. The van der Waals surface area contributed by atoms with E-state index in [2.05, 4.69) is 62.1 Å². The molecule has 0 aromatic heterocycles. The molecule has 5 heteroatoms. The Kier molecular flexibility index (Phi) is 9.30. The predicted molar refractivity (Wildman–Crippen MR) is 130 cm³/mol. The summed E-state index contributed by atoms with van der Waals surface area (Å²) in [6, 6.07) is 12.9. The van der Waals surface area contributed by atoms with Gasteiger partial charge in [0.25, 0.3) is 0 Å². The van der Waals surface area contributed by atoms with Gasteiger partial charge in [0.2, 0.25) is 0 Å². The molecule has 0 saturated carbocycles. The zero-order chi connectivity index (χ0) is 19.7. The van der Waals surface area contributed by atoms with E-state index in [-0.39, 0.29) is 30.9 Å². The zero-order valence-corrected chi connectivity index (χ0v) is 20.1. The van der Waals surface area contributed by atoms with Gasteiger partial charge in [0.1, 0.15) is 5.75 Å². The van der Waals surface area contributed by atoms with E-state index in [0.717, 1.165) is 61.1 Å². The molecule has 5 atom stereocenters. The van der Waals surface area contributed by atoms with E-state index in [4.69, 9.17) is 4.74 Å². The Morgan fingerprint density at radius 2 is 1.97 bits per heavy atom. The van der Waals surface area contributed by atoms with E-state index in [0.29, 0.717) is 5.92 Å². The average Bonchev–Trinajstić information content (AvgIpc) is 2.72. The fourth-order valence-corrected chi connectivity index (χ4v) is 5.21. The standard InChI is InChI=1S/C25H35NO2.2ClH/c1-4-18-16-26-12-10-20(18)14-24(26)25(27)22-7-5-6-19-8-9-21(15-23(19)22)28-13-11-17(2)3;;/h5-9,15,17-18,20,24-25,27H,4,10-14,16H2,1-3H3;2*1H/t18-,20-,24-,25+;;/m0../s1. The minimum absolute atomic E-state index is 0. The first-order chi connectivity index (χ1) is 13.6. The van der Waals surface area contributed by atoms with Crippen molar-refractivity contribution in [3.8, 4) is 5.75 Å². The van der Waals surface area contributed by atoms with Crippen molar-refractivity contribution in [2.75, 3.05) is 19.7 Å². The van der Waals surface area contributed by atoms with Crippen molar-refractivity contribution >= 4 is 35.6 Å². The minimum atomic E-state index is -0.435. The van der Waals surface area contributed by atoms with E-state index in [1.807, 2.05) is 0 Å². The highest BCUT2D eigenvalue weighted by Gasteiger charge is 2.42. The molecule has 5 rings (SSSR count). The molecular formula is C25H37Cl2NO2. The number of fused-ring (bicyclic) bond motifs is 4. The van der Waals surface area contributed by atoms with Gasteiger partial charge in [-0.15, -0.1) is 24.8 Å². The van der Waals surface area contributed by atoms with Crippen LogP contribution in [-0.4, -0.2) is 35.7 Å². The second-order valence-corrected chi connectivity index (χ2v) is 9.22. The van der Waals surface area contributed by atoms with Crippen LogP contribution < -0.4 is 4.74 Å². The normalized spacial score (nSPS) is 26.2. The van der Waals surface area contributed by atoms with Crippen LogP contribution in [0, 0.1) is 17.8 Å². The summed E-state index contributed by atoms with van der Waals surface area (Å²) in [6.07, 6.45) is 4.30. The van der Waals surface area contributed by atoms with Crippen molar-refractivity contribution in [2.45, 2.75) is 58.6 Å². The second-order valence-electron chi connectivity index (χ2n) is 9.22. The lowest BCUT2D eigenvalue weighted by atomic mass is 9.72. The number of hydrogen-bond donors (Lipinski definition) is 1. The maximum Gasteiger partial charge on any atom is 0.119 e. The summed E-state index contributed by atoms with van der Waals surface area (Å²) in [5, 5.41) is 13.7. The molecule has 3 nitrogen and oxygen atoms in total. The second kappa shape index (κ2) is 11.0. The first-order valence-electron chi connectivity index (χ1n) is 11.1. The molecule has 1 unspecified atom stereocenters. The quantitative estimate of drug-likeness (QED) is 0.536. The number of ether oxygens (including phenoxy) is 1. The number of aliphatic hydroxyl groups is 1. The molecule has 3 fully saturated rings. The molecule has 0 spiro atoms. The third-order valence-corrected chi connectivity index (χ3v) is 6.99. The SMILES string of the molecule is CC[C@H]1CN2CC[C@H]1C[C@H]2[C@H](O)c1cccc2ccc(OCCC(C)C)cc12.Cl.Cl. The molecule has 0 amide bonds. The first kappa shape index (κ1) is 25.3. The summed E-state index contributed by atoms with van der Waals surface area (Å²) in [6.45, 7) is 9.77. The Labute approximate surface area is 194 Å². The lowest BCUT2D eigenvalue weighted by molar-refractivity contribution is -0.0562. The van der Waals surface area contributed by atoms with Crippen molar-refractivity contribution in [3.05, 3.63) is 42.0 Å². The fourth-order valence-electron chi connectivity index (χ4n) is 5.21. The predicted octanol–water partition coefficient (Wildman–Crippen LogP) is 6.26. The van der Waals surface area contributed by atoms with Crippen LogP contribution in [-0.2, 0) is 0 Å². The number of rotatable bonds is 7. The highest BCUT2D eigenvalue weighted by molar-refractivity contribution is 5.87. The minimum Gasteiger partial charge on any atom is -0.494 e. The molecule has 1 N–H and O–H groups in total. The summed E-state index contributed by atoms with van der Waals surface area (Å²) in [4.78, 5) is 2.54. The number of piperidine rings is 3. The van der Waals surface area contributed by atoms with Gasteiger partial charge in [-0.2, -0.15) is 0 Å². The summed E-state index contributed by atoms with van der Waals surface area (Å²) in [5.74, 6) is 3.13. The third-order valence-electron chi connectivity index (χ3n) is 6.99. The smallest absolute Gasteiger partial charge is 0.119 e. The van der Waals surface area contributed by atoms with Crippen LogP contribution >= 0.6 is 24.8 Å². The van der Waals surface area contributed by atoms with E-state index in [1.165, 1.54) is 18.2 Å². The van der Waals surface area contributed by atoms with Crippen LogP contribution in [0.25, 0.3) is 10.8 Å². The monoisotopic (exact) mass is 453 g/mol. The summed E-state index contributed by atoms with van der Waals surface area (Å²) >= 11 is 0. The van der Waals surface area contributed by atoms with Crippen LogP contribution in [0.15, 0.2) is 36.4 Å². The van der Waals surface area contributed by atoms with Crippen molar-refractivity contribution in [1.29, 1.82) is 0 Å². The largest absolute Gasteiger partial charge is 0.494 e. The molecule has 2 aromatic carbocycles. The Morgan fingerprint density at radius 3 is 2.63 bits per heavy atom. The van der Waals surface area contributed by atoms with Crippen LogP contribution in [0.2, 0.25) is 0 Å². The Hall–Kier alpha value is -1.00. The maximum absolute atomic E-state index is 11.4. The molecule has 2 aromatic rings. The topological polar surface area (TPSA) is 32.7 Å². The van der Waals surface area contributed by atoms with Crippen molar-refractivity contribution in [3.63, 3.8) is 0 Å². The van der Waals surface area contributed by atoms with E-state index in [1.54, 1.807) is 0 Å². The van der Waals surface area contributed by atoms with Gasteiger partial charge < -0.3 is 9.84 Å². The van der Waals surface area contributed by atoms with Gasteiger partial charge in [0.05, 0.1) is 12.7 Å². The summed E-state index contributed by atoms with van der Waals surface area (Å²) < 4.78 is 5.99. The van der Waals surface area contributed by atoms with Crippen molar-refractivity contribution in [1.82, 2.24) is 4.90 Å². The maximum atomic E-state index is 11.4. The highest BCUT2D eigenvalue weighted by atomic mass is 35.5. The van der Waals surface area contributed by atoms with E-state index < -0.39 is 6.10 Å². The van der Waals surface area contributed by atoms with Gasteiger partial charge in [-0.05, 0) is 72.0 Å². The van der Waals surface area contributed by atoms with Crippen LogP contribution in [0.1, 0.15) is 58.1 Å². The molecule has 30 heavy (non-hydrogen) atoms. The number of nitrogens with zero attached hydrogens (tertiary/aromatic N) is 1. The first-order valence-corrected chi connectivity index (χ1v) is 11.1. The number of benzene rings is 2. The molecule has 3 aliphatic heterocycles. The van der Waals surface area contributed by atoms with Crippen LogP contribution in [0.4, 0.5) is 0 Å².